The van der Waals surface area contributed by atoms with E-state index in [4.69, 9.17) is 12.2 Å². The van der Waals surface area contributed by atoms with Crippen molar-refractivity contribution in [2.24, 2.45) is 7.05 Å². The van der Waals surface area contributed by atoms with E-state index in [-0.39, 0.29) is 11.8 Å². The fraction of sp³-hybridized carbons (Fsp3) is 0.333. The van der Waals surface area contributed by atoms with Gasteiger partial charge < -0.3 is 15.4 Å². The van der Waals surface area contributed by atoms with Gasteiger partial charge in [0, 0.05) is 18.3 Å². The van der Waals surface area contributed by atoms with Gasteiger partial charge in [-0.3, -0.25) is 4.68 Å². The Morgan fingerprint density at radius 3 is 2.65 bits per heavy atom. The van der Waals surface area contributed by atoms with Gasteiger partial charge in [0.2, 0.25) is 0 Å². The average molecular weight is 340 g/mol. The second kappa shape index (κ2) is 7.36. The van der Waals surface area contributed by atoms with E-state index in [1.54, 1.807) is 29.1 Å². The topological polar surface area (TPSA) is 51.1 Å². The third-order valence-electron chi connectivity index (χ3n) is 3.44. The van der Waals surface area contributed by atoms with Crippen molar-refractivity contribution in [2.45, 2.75) is 26.5 Å². The molecular weight excluding hydrogens is 322 g/mol. The summed E-state index contributed by atoms with van der Waals surface area (Å²) >= 11 is 5.24. The van der Waals surface area contributed by atoms with Crippen LogP contribution in [0.25, 0.3) is 0 Å². The first-order valence-electron chi connectivity index (χ1n) is 6.98. The molecule has 1 heterocycles. The molecule has 1 aromatic carbocycles. The first-order valence-corrected chi connectivity index (χ1v) is 7.39. The Kier molecular flexibility index (Phi) is 5.49. The van der Waals surface area contributed by atoms with Crippen molar-refractivity contribution in [3.05, 3.63) is 41.7 Å². The van der Waals surface area contributed by atoms with Crippen molar-refractivity contribution in [3.8, 4) is 5.75 Å². The molecule has 0 radical (unpaired) electrons. The second-order valence-electron chi connectivity index (χ2n) is 5.00. The summed E-state index contributed by atoms with van der Waals surface area (Å²) in [7, 11) is 1.86. The van der Waals surface area contributed by atoms with E-state index in [9.17, 15) is 8.78 Å². The molecule has 5 nitrogen and oxygen atoms in total. The Labute approximate surface area is 138 Å². The zero-order valence-corrected chi connectivity index (χ0v) is 13.8. The third-order valence-corrected chi connectivity index (χ3v) is 3.66. The van der Waals surface area contributed by atoms with Crippen LogP contribution in [0.2, 0.25) is 0 Å². The van der Waals surface area contributed by atoms with Crippen LogP contribution in [0.4, 0.5) is 14.5 Å². The normalized spacial score (nSPS) is 12.1. The van der Waals surface area contributed by atoms with Gasteiger partial charge in [0.15, 0.2) is 5.11 Å². The molecule has 0 aliphatic heterocycles. The summed E-state index contributed by atoms with van der Waals surface area (Å²) in [6, 6.07) is 6.31. The van der Waals surface area contributed by atoms with Gasteiger partial charge in [0.1, 0.15) is 5.75 Å². The highest BCUT2D eigenvalue weighted by molar-refractivity contribution is 7.80. The first-order chi connectivity index (χ1) is 10.9. The third kappa shape index (κ3) is 4.38. The van der Waals surface area contributed by atoms with Crippen molar-refractivity contribution >= 4 is 23.0 Å². The zero-order chi connectivity index (χ0) is 17.0. The molecule has 124 valence electrons. The van der Waals surface area contributed by atoms with E-state index in [0.29, 0.717) is 10.8 Å². The molecule has 1 aromatic heterocycles. The number of aromatic nitrogens is 2. The number of hydrogen-bond donors (Lipinski definition) is 2. The first kappa shape index (κ1) is 17.1. The van der Waals surface area contributed by atoms with Crippen LogP contribution in [0.3, 0.4) is 0 Å². The smallest absolute Gasteiger partial charge is 0.387 e. The van der Waals surface area contributed by atoms with Crippen molar-refractivity contribution in [1.29, 1.82) is 0 Å². The lowest BCUT2D eigenvalue weighted by Gasteiger charge is -2.18. The lowest BCUT2D eigenvalue weighted by Crippen LogP contribution is -2.31. The van der Waals surface area contributed by atoms with Gasteiger partial charge in [0.25, 0.3) is 0 Å². The molecule has 0 fully saturated rings. The lowest BCUT2D eigenvalue weighted by atomic mass is 10.1. The van der Waals surface area contributed by atoms with Gasteiger partial charge in [-0.05, 0) is 38.2 Å². The molecule has 0 spiro atoms. The summed E-state index contributed by atoms with van der Waals surface area (Å²) in [4.78, 5) is 0. The van der Waals surface area contributed by atoms with Crippen molar-refractivity contribution in [2.75, 3.05) is 5.32 Å². The minimum absolute atomic E-state index is 0.0388. The van der Waals surface area contributed by atoms with Crippen LogP contribution < -0.4 is 15.4 Å². The number of ether oxygens (including phenoxy) is 1. The summed E-state index contributed by atoms with van der Waals surface area (Å²) in [6.45, 7) is 1.01. The zero-order valence-electron chi connectivity index (χ0n) is 13.0. The Hall–Kier alpha value is -2.22. The van der Waals surface area contributed by atoms with Crippen LogP contribution in [0.15, 0.2) is 30.5 Å². The van der Waals surface area contributed by atoms with Gasteiger partial charge in [-0.25, -0.2) is 0 Å². The predicted molar refractivity (Wildman–Crippen MR) is 88.8 cm³/mol. The SMILES string of the molecule is Cc1c(C(C)NC(=S)Nc2ccccc2OC(F)F)cnn1C. The number of benzene rings is 1. The quantitative estimate of drug-likeness (QED) is 0.817. The van der Waals surface area contributed by atoms with Gasteiger partial charge >= 0.3 is 6.61 Å². The molecule has 0 aliphatic carbocycles. The Bertz CT molecular complexity index is 690. The maximum Gasteiger partial charge on any atom is 0.387 e. The van der Waals surface area contributed by atoms with Crippen LogP contribution in [0.5, 0.6) is 5.75 Å². The van der Waals surface area contributed by atoms with Gasteiger partial charge in [-0.15, -0.1) is 0 Å². The van der Waals surface area contributed by atoms with Crippen molar-refractivity contribution in [3.63, 3.8) is 0 Å². The number of anilines is 1. The summed E-state index contributed by atoms with van der Waals surface area (Å²) < 4.78 is 31.1. The maximum absolute atomic E-state index is 12.4. The van der Waals surface area contributed by atoms with E-state index in [0.717, 1.165) is 11.3 Å². The summed E-state index contributed by atoms with van der Waals surface area (Å²) in [5.41, 5.74) is 2.41. The summed E-state index contributed by atoms with van der Waals surface area (Å²) in [5.74, 6) is 0.0388. The number of alkyl halides is 2. The highest BCUT2D eigenvalue weighted by Crippen LogP contribution is 2.25. The minimum Gasteiger partial charge on any atom is -0.433 e. The van der Waals surface area contributed by atoms with E-state index in [2.05, 4.69) is 20.5 Å². The number of nitrogens with one attached hydrogen (secondary N) is 2. The van der Waals surface area contributed by atoms with Gasteiger partial charge in [-0.2, -0.15) is 13.9 Å². The molecule has 0 bridgehead atoms. The van der Waals surface area contributed by atoms with E-state index in [1.807, 2.05) is 20.9 Å². The molecule has 23 heavy (non-hydrogen) atoms. The molecule has 2 rings (SSSR count). The molecule has 0 saturated carbocycles. The fourth-order valence-corrected chi connectivity index (χ4v) is 2.43. The number of nitrogens with zero attached hydrogens (tertiary/aromatic N) is 2. The van der Waals surface area contributed by atoms with Crippen molar-refractivity contribution < 1.29 is 13.5 Å². The number of thiocarbonyl (C=S) groups is 1. The highest BCUT2D eigenvalue weighted by Gasteiger charge is 2.14. The number of para-hydroxylation sites is 2. The molecule has 2 N–H and O–H groups in total. The molecule has 0 amide bonds. The van der Waals surface area contributed by atoms with Crippen LogP contribution >= 0.6 is 12.2 Å². The number of aryl methyl sites for hydroxylation is 1. The second-order valence-corrected chi connectivity index (χ2v) is 5.41. The molecule has 2 aromatic rings. The van der Waals surface area contributed by atoms with Gasteiger partial charge in [-0.1, -0.05) is 12.1 Å². The minimum atomic E-state index is -2.89. The summed E-state index contributed by atoms with van der Waals surface area (Å²) in [6.07, 6.45) is 1.77. The van der Waals surface area contributed by atoms with Crippen molar-refractivity contribution in [1.82, 2.24) is 15.1 Å². The standard InChI is InChI=1S/C15H18F2N4OS/c1-9(11-8-18-21(3)10(11)2)19-15(23)20-12-6-4-5-7-13(12)22-14(16)17/h4-9,14H,1-3H3,(H2,19,20,23). The average Bonchev–Trinajstić information content (AvgIpc) is 2.80. The molecular formula is C15H18F2N4OS. The monoisotopic (exact) mass is 340 g/mol. The van der Waals surface area contributed by atoms with Gasteiger partial charge in [0.05, 0.1) is 17.9 Å². The molecule has 0 saturated heterocycles. The van der Waals surface area contributed by atoms with Crippen LogP contribution in [0, 0.1) is 6.92 Å². The number of rotatable bonds is 5. The Morgan fingerprint density at radius 2 is 2.04 bits per heavy atom. The Morgan fingerprint density at radius 1 is 1.35 bits per heavy atom. The number of hydrogen-bond acceptors (Lipinski definition) is 3. The molecule has 1 atom stereocenters. The summed E-state index contributed by atoms with van der Waals surface area (Å²) in [5, 5.41) is 10.5. The molecule has 1 unspecified atom stereocenters. The highest BCUT2D eigenvalue weighted by atomic mass is 32.1. The predicted octanol–water partition coefficient (Wildman–Crippen LogP) is 3.38. The lowest BCUT2D eigenvalue weighted by molar-refractivity contribution is -0.0493. The largest absolute Gasteiger partial charge is 0.433 e. The van der Waals surface area contributed by atoms with E-state index >= 15 is 0 Å². The Balaban J connectivity index is 2.04. The van der Waals surface area contributed by atoms with E-state index < -0.39 is 6.61 Å². The van der Waals surface area contributed by atoms with E-state index in [1.165, 1.54) is 6.07 Å². The molecule has 8 heteroatoms. The fourth-order valence-electron chi connectivity index (χ4n) is 2.14. The number of halogens is 2. The van der Waals surface area contributed by atoms with Crippen LogP contribution in [-0.4, -0.2) is 21.5 Å². The maximum atomic E-state index is 12.4. The van der Waals surface area contributed by atoms with Crippen LogP contribution in [0.1, 0.15) is 24.2 Å². The van der Waals surface area contributed by atoms with Crippen LogP contribution in [-0.2, 0) is 7.05 Å². The molecule has 0 aliphatic rings.